The first-order valence-electron chi connectivity index (χ1n) is 6.08. The molecule has 96 valence electrons. The van der Waals surface area contributed by atoms with E-state index in [0.717, 1.165) is 17.5 Å². The van der Waals surface area contributed by atoms with Gasteiger partial charge in [-0.3, -0.25) is 9.59 Å². The second-order valence-electron chi connectivity index (χ2n) is 4.25. The van der Waals surface area contributed by atoms with Gasteiger partial charge in [0.25, 0.3) is 0 Å². The fourth-order valence-electron chi connectivity index (χ4n) is 1.67. The minimum absolute atomic E-state index is 0.0135. The Morgan fingerprint density at radius 3 is 2.61 bits per heavy atom. The van der Waals surface area contributed by atoms with Gasteiger partial charge in [0.15, 0.2) is 0 Å². The van der Waals surface area contributed by atoms with Crippen LogP contribution in [0.2, 0.25) is 0 Å². The zero-order valence-corrected chi connectivity index (χ0v) is 10.9. The van der Waals surface area contributed by atoms with E-state index in [1.807, 2.05) is 36.4 Å². The summed E-state index contributed by atoms with van der Waals surface area (Å²) in [4.78, 5) is 21.8. The lowest BCUT2D eigenvalue weighted by Gasteiger charge is -2.03. The van der Waals surface area contributed by atoms with Crippen molar-refractivity contribution >= 4 is 17.8 Å². The van der Waals surface area contributed by atoms with Crippen molar-refractivity contribution in [3.8, 4) is 0 Å². The van der Waals surface area contributed by atoms with Crippen molar-refractivity contribution in [2.24, 2.45) is 0 Å². The molecule has 0 radical (unpaired) electrons. The molecule has 1 amide bonds. The quantitative estimate of drug-likeness (QED) is 0.782. The molecule has 0 atom stereocenters. The molecule has 0 fully saturated rings. The molecule has 1 rings (SSSR count). The largest absolute Gasteiger partial charge is 0.356 e. The van der Waals surface area contributed by atoms with Crippen LogP contribution in [0.4, 0.5) is 0 Å². The van der Waals surface area contributed by atoms with Gasteiger partial charge in [0, 0.05) is 19.9 Å². The summed E-state index contributed by atoms with van der Waals surface area (Å²) in [5.41, 5.74) is 2.11. The number of nitrogens with one attached hydrogen (secondary N) is 1. The highest BCUT2D eigenvalue weighted by Crippen LogP contribution is 2.12. The highest BCUT2D eigenvalue weighted by atomic mass is 16.1. The number of ketones is 1. The van der Waals surface area contributed by atoms with E-state index >= 15 is 0 Å². The van der Waals surface area contributed by atoms with Gasteiger partial charge in [-0.2, -0.15) is 0 Å². The van der Waals surface area contributed by atoms with Crippen LogP contribution in [-0.2, 0) is 16.0 Å². The van der Waals surface area contributed by atoms with Crippen molar-refractivity contribution in [2.45, 2.75) is 26.7 Å². The zero-order valence-electron chi connectivity index (χ0n) is 10.9. The molecular formula is C15H19NO2. The van der Waals surface area contributed by atoms with Crippen molar-refractivity contribution < 1.29 is 9.59 Å². The van der Waals surface area contributed by atoms with Gasteiger partial charge >= 0.3 is 0 Å². The Kier molecular flexibility index (Phi) is 5.85. The van der Waals surface area contributed by atoms with E-state index in [2.05, 4.69) is 5.32 Å². The molecule has 0 aliphatic rings. The van der Waals surface area contributed by atoms with Crippen LogP contribution in [0, 0.1) is 0 Å². The lowest BCUT2D eigenvalue weighted by Crippen LogP contribution is -2.20. The third kappa shape index (κ3) is 5.43. The van der Waals surface area contributed by atoms with Crippen LogP contribution in [-0.4, -0.2) is 18.2 Å². The summed E-state index contributed by atoms with van der Waals surface area (Å²) in [5.74, 6) is 0.148. The molecule has 18 heavy (non-hydrogen) atoms. The van der Waals surface area contributed by atoms with E-state index in [1.165, 1.54) is 6.92 Å². The summed E-state index contributed by atoms with van der Waals surface area (Å²) in [6, 6.07) is 7.85. The van der Waals surface area contributed by atoms with Crippen LogP contribution in [0.3, 0.4) is 0 Å². The molecular weight excluding hydrogens is 226 g/mol. The summed E-state index contributed by atoms with van der Waals surface area (Å²) in [5, 5.41) is 2.73. The smallest absolute Gasteiger partial charge is 0.216 e. The minimum atomic E-state index is -0.0135. The highest BCUT2D eigenvalue weighted by Gasteiger charge is 2.01. The number of rotatable bonds is 6. The molecule has 0 saturated carbocycles. The molecule has 1 N–H and O–H groups in total. The topological polar surface area (TPSA) is 46.2 Å². The Bertz CT molecular complexity index is 450. The first-order valence-corrected chi connectivity index (χ1v) is 6.08. The predicted octanol–water partition coefficient (Wildman–Crippen LogP) is 2.36. The Balaban J connectivity index is 2.57. The maximum Gasteiger partial charge on any atom is 0.216 e. The van der Waals surface area contributed by atoms with E-state index in [-0.39, 0.29) is 11.7 Å². The molecule has 1 aromatic carbocycles. The van der Waals surface area contributed by atoms with E-state index in [4.69, 9.17) is 0 Å². The number of Topliss-reactive ketones (excluding diaryl/α,β-unsaturated/α-hetero) is 1. The Labute approximate surface area is 108 Å². The summed E-state index contributed by atoms with van der Waals surface area (Å²) >= 11 is 0. The van der Waals surface area contributed by atoms with Gasteiger partial charge < -0.3 is 5.32 Å². The fraction of sp³-hybridized carbons (Fsp3) is 0.333. The van der Waals surface area contributed by atoms with E-state index in [9.17, 15) is 9.59 Å². The monoisotopic (exact) mass is 245 g/mol. The Hall–Kier alpha value is -1.90. The lowest BCUT2D eigenvalue weighted by atomic mass is 10.0. The average Bonchev–Trinajstić information content (AvgIpc) is 2.29. The molecule has 1 aromatic rings. The van der Waals surface area contributed by atoms with E-state index in [1.54, 1.807) is 6.92 Å². The SMILES string of the molecule is CC(=O)Cc1ccccc1C=CCCNC(C)=O. The second-order valence-corrected chi connectivity index (χ2v) is 4.25. The number of carbonyl (C=O) groups is 2. The third-order valence-corrected chi connectivity index (χ3v) is 2.48. The van der Waals surface area contributed by atoms with Crippen molar-refractivity contribution in [2.75, 3.05) is 6.54 Å². The molecule has 0 bridgehead atoms. The normalized spacial score (nSPS) is 10.6. The van der Waals surface area contributed by atoms with Crippen LogP contribution in [0.1, 0.15) is 31.4 Å². The van der Waals surface area contributed by atoms with Gasteiger partial charge in [0.1, 0.15) is 5.78 Å². The van der Waals surface area contributed by atoms with Gasteiger partial charge in [-0.15, -0.1) is 0 Å². The lowest BCUT2D eigenvalue weighted by molar-refractivity contribution is -0.119. The molecule has 0 aromatic heterocycles. The van der Waals surface area contributed by atoms with Crippen LogP contribution in [0.5, 0.6) is 0 Å². The first kappa shape index (κ1) is 14.2. The summed E-state index contributed by atoms with van der Waals surface area (Å²) in [6.45, 7) is 3.74. The van der Waals surface area contributed by atoms with Crippen LogP contribution < -0.4 is 5.32 Å². The third-order valence-electron chi connectivity index (χ3n) is 2.48. The van der Waals surface area contributed by atoms with E-state index in [0.29, 0.717) is 13.0 Å². The molecule has 0 unspecified atom stereocenters. The number of hydrogen-bond donors (Lipinski definition) is 1. The molecule has 0 aliphatic carbocycles. The maximum atomic E-state index is 11.1. The highest BCUT2D eigenvalue weighted by molar-refractivity contribution is 5.79. The number of benzene rings is 1. The van der Waals surface area contributed by atoms with Gasteiger partial charge in [-0.25, -0.2) is 0 Å². The molecule has 0 aliphatic heterocycles. The van der Waals surface area contributed by atoms with Crippen molar-refractivity contribution in [1.29, 1.82) is 0 Å². The van der Waals surface area contributed by atoms with Gasteiger partial charge in [0.2, 0.25) is 5.91 Å². The predicted molar refractivity (Wildman–Crippen MR) is 73.2 cm³/mol. The number of amides is 1. The second kappa shape index (κ2) is 7.43. The van der Waals surface area contributed by atoms with Gasteiger partial charge in [0.05, 0.1) is 0 Å². The minimum Gasteiger partial charge on any atom is -0.356 e. The van der Waals surface area contributed by atoms with Crippen LogP contribution in [0.25, 0.3) is 6.08 Å². The molecule has 3 nitrogen and oxygen atoms in total. The number of carbonyl (C=O) groups excluding carboxylic acids is 2. The van der Waals surface area contributed by atoms with Crippen molar-refractivity contribution in [1.82, 2.24) is 5.32 Å². The van der Waals surface area contributed by atoms with E-state index < -0.39 is 0 Å². The zero-order chi connectivity index (χ0) is 13.4. The molecule has 0 spiro atoms. The van der Waals surface area contributed by atoms with Gasteiger partial charge in [-0.1, -0.05) is 36.4 Å². The van der Waals surface area contributed by atoms with Crippen molar-refractivity contribution in [3.05, 3.63) is 41.5 Å². The van der Waals surface area contributed by atoms with Crippen LogP contribution in [0.15, 0.2) is 30.3 Å². The summed E-state index contributed by atoms with van der Waals surface area (Å²) < 4.78 is 0. The maximum absolute atomic E-state index is 11.1. The standard InChI is InChI=1S/C15H19NO2/c1-12(17)11-15-9-4-3-7-14(15)8-5-6-10-16-13(2)18/h3-5,7-9H,6,10-11H2,1-2H3,(H,16,18). The summed E-state index contributed by atoms with van der Waals surface area (Å²) in [6.07, 6.45) is 5.26. The Morgan fingerprint density at radius 1 is 1.22 bits per heavy atom. The number of hydrogen-bond acceptors (Lipinski definition) is 2. The molecule has 0 heterocycles. The molecule has 0 saturated heterocycles. The van der Waals surface area contributed by atoms with Gasteiger partial charge in [-0.05, 0) is 24.5 Å². The first-order chi connectivity index (χ1) is 8.59. The fourth-order valence-corrected chi connectivity index (χ4v) is 1.67. The molecule has 3 heteroatoms. The average molecular weight is 245 g/mol. The summed E-state index contributed by atoms with van der Waals surface area (Å²) in [7, 11) is 0. The van der Waals surface area contributed by atoms with Crippen LogP contribution >= 0.6 is 0 Å². The van der Waals surface area contributed by atoms with Crippen molar-refractivity contribution in [3.63, 3.8) is 0 Å². The Morgan fingerprint density at radius 2 is 1.94 bits per heavy atom.